The second-order valence-electron chi connectivity index (χ2n) is 13.4. The van der Waals surface area contributed by atoms with Gasteiger partial charge in [-0.2, -0.15) is 0 Å². The summed E-state index contributed by atoms with van der Waals surface area (Å²) >= 11 is 0. The highest BCUT2D eigenvalue weighted by Gasteiger charge is 2.18. The van der Waals surface area contributed by atoms with Gasteiger partial charge in [-0.1, -0.05) is 97.1 Å². The smallest absolute Gasteiger partial charge is 0.153 e. The summed E-state index contributed by atoms with van der Waals surface area (Å²) in [5.41, 5.74) is 11.5. The van der Waals surface area contributed by atoms with Gasteiger partial charge in [-0.05, 0) is 93.3 Å². The van der Waals surface area contributed by atoms with Crippen molar-refractivity contribution in [2.75, 3.05) is 4.90 Å². The molecule has 11 aromatic rings. The van der Waals surface area contributed by atoms with E-state index in [0.29, 0.717) is 0 Å². The zero-order valence-corrected chi connectivity index (χ0v) is 28.4. The lowest BCUT2D eigenvalue weighted by molar-refractivity contribution is 0.669. The summed E-state index contributed by atoms with van der Waals surface area (Å²) in [6.45, 7) is 0. The zero-order chi connectivity index (χ0) is 34.9. The van der Waals surface area contributed by atoms with Gasteiger partial charge in [0.15, 0.2) is 5.58 Å². The van der Waals surface area contributed by atoms with Crippen molar-refractivity contribution in [3.8, 4) is 22.3 Å². The maximum Gasteiger partial charge on any atom is 0.153 e. The summed E-state index contributed by atoms with van der Waals surface area (Å²) in [4.78, 5) is 11.5. The molecular formula is C48H29N3O2. The molecule has 0 saturated heterocycles. The van der Waals surface area contributed by atoms with E-state index in [2.05, 4.69) is 142 Å². The van der Waals surface area contributed by atoms with E-state index in [1.54, 1.807) is 0 Å². The molecule has 0 atom stereocenters. The minimum atomic E-state index is 0.789. The largest absolute Gasteiger partial charge is 0.455 e. The molecule has 0 spiro atoms. The standard InChI is InChI=1S/C48H29N3O2/c1-2-8-37-30(7-1)14-15-32-20-25-36(27-41(32)37)51(34-21-16-31(17-22-34)38-10-5-11-40-46-45(53-47(38)40)13-6-26-50-46)35-23-18-33(19-24-35)42-28-49-29-43-39-9-3-4-12-44(39)52-48(42)43/h1-29H. The molecule has 5 heteroatoms. The van der Waals surface area contributed by atoms with Gasteiger partial charge in [0.05, 0.1) is 0 Å². The van der Waals surface area contributed by atoms with Crippen LogP contribution in [-0.2, 0) is 0 Å². The van der Waals surface area contributed by atoms with Crippen molar-refractivity contribution in [1.82, 2.24) is 9.97 Å². The number of pyridine rings is 2. The average molecular weight is 680 g/mol. The number of hydrogen-bond donors (Lipinski definition) is 0. The lowest BCUT2D eigenvalue weighted by atomic mass is 10.00. The first kappa shape index (κ1) is 29.5. The highest BCUT2D eigenvalue weighted by Crippen LogP contribution is 2.42. The molecule has 0 fully saturated rings. The van der Waals surface area contributed by atoms with Gasteiger partial charge < -0.3 is 13.7 Å². The van der Waals surface area contributed by atoms with Crippen molar-refractivity contribution in [3.05, 3.63) is 176 Å². The summed E-state index contributed by atoms with van der Waals surface area (Å²) in [7, 11) is 0. The number of para-hydroxylation sites is 2. The SMILES string of the molecule is c1ccc2c(c1)ccc1ccc(N(c3ccc(-c4cncc5c4oc4ccccc45)cc3)c3ccc(-c4cccc5c4oc4cccnc45)cc3)cc12. The van der Waals surface area contributed by atoms with Gasteiger partial charge in [-0.15, -0.1) is 0 Å². The number of furan rings is 2. The topological polar surface area (TPSA) is 55.3 Å². The van der Waals surface area contributed by atoms with Crippen LogP contribution in [0.2, 0.25) is 0 Å². The quantitative estimate of drug-likeness (QED) is 0.169. The normalized spacial score (nSPS) is 11.8. The Balaban J connectivity index is 1.05. The lowest BCUT2D eigenvalue weighted by Crippen LogP contribution is -2.10. The number of nitrogens with zero attached hydrogens (tertiary/aromatic N) is 3. The molecule has 0 aliphatic heterocycles. The Kier molecular flexibility index (Phi) is 6.48. The molecule has 0 radical (unpaired) electrons. The first-order chi connectivity index (χ1) is 26.3. The van der Waals surface area contributed by atoms with Gasteiger partial charge in [-0.3, -0.25) is 9.97 Å². The number of aromatic nitrogens is 2. The van der Waals surface area contributed by atoms with E-state index >= 15 is 0 Å². The van der Waals surface area contributed by atoms with E-state index in [-0.39, 0.29) is 0 Å². The van der Waals surface area contributed by atoms with Crippen molar-refractivity contribution in [1.29, 1.82) is 0 Å². The Morgan fingerprint density at radius 1 is 0.415 bits per heavy atom. The van der Waals surface area contributed by atoms with E-state index in [0.717, 1.165) is 83.3 Å². The van der Waals surface area contributed by atoms with Crippen LogP contribution in [0.4, 0.5) is 17.1 Å². The van der Waals surface area contributed by atoms with E-state index in [4.69, 9.17) is 8.83 Å². The van der Waals surface area contributed by atoms with E-state index < -0.39 is 0 Å². The van der Waals surface area contributed by atoms with Crippen LogP contribution in [-0.4, -0.2) is 9.97 Å². The molecule has 0 N–H and O–H groups in total. The van der Waals surface area contributed by atoms with Crippen LogP contribution in [0.5, 0.6) is 0 Å². The molecule has 53 heavy (non-hydrogen) atoms. The summed E-state index contributed by atoms with van der Waals surface area (Å²) < 4.78 is 12.7. The Labute approximate surface area is 304 Å². The first-order valence-corrected chi connectivity index (χ1v) is 17.7. The molecule has 4 aromatic heterocycles. The lowest BCUT2D eigenvalue weighted by Gasteiger charge is -2.26. The maximum absolute atomic E-state index is 6.36. The number of anilines is 3. The highest BCUT2D eigenvalue weighted by atomic mass is 16.3. The van der Waals surface area contributed by atoms with E-state index in [9.17, 15) is 0 Å². The van der Waals surface area contributed by atoms with Gasteiger partial charge in [0, 0.05) is 62.9 Å². The Bertz CT molecular complexity index is 3020. The molecule has 0 aliphatic rings. The number of benzene rings is 7. The minimum Gasteiger partial charge on any atom is -0.455 e. The summed E-state index contributed by atoms with van der Waals surface area (Å²) in [6, 6.07) is 55.4. The number of rotatable bonds is 5. The van der Waals surface area contributed by atoms with Crippen LogP contribution < -0.4 is 4.90 Å². The van der Waals surface area contributed by atoms with Crippen LogP contribution in [0, 0.1) is 0 Å². The van der Waals surface area contributed by atoms with Crippen molar-refractivity contribution in [2.45, 2.75) is 0 Å². The van der Waals surface area contributed by atoms with Crippen molar-refractivity contribution < 1.29 is 8.83 Å². The monoisotopic (exact) mass is 679 g/mol. The average Bonchev–Trinajstić information content (AvgIpc) is 3.80. The summed E-state index contributed by atoms with van der Waals surface area (Å²) in [6.07, 6.45) is 5.59. The third kappa shape index (κ3) is 4.71. The molecule has 0 bridgehead atoms. The predicted molar refractivity (Wildman–Crippen MR) is 217 cm³/mol. The van der Waals surface area contributed by atoms with Crippen molar-refractivity contribution >= 4 is 82.6 Å². The minimum absolute atomic E-state index is 0.789. The van der Waals surface area contributed by atoms with Gasteiger partial charge in [0.25, 0.3) is 0 Å². The second kappa shape index (κ2) is 11.7. The molecule has 4 heterocycles. The third-order valence-electron chi connectivity index (χ3n) is 10.4. The Morgan fingerprint density at radius 3 is 1.87 bits per heavy atom. The molecule has 0 amide bonds. The van der Waals surface area contributed by atoms with E-state index in [1.165, 1.54) is 21.5 Å². The van der Waals surface area contributed by atoms with Crippen LogP contribution in [0.1, 0.15) is 0 Å². The van der Waals surface area contributed by atoms with Crippen LogP contribution in [0.15, 0.2) is 185 Å². The Hall–Kier alpha value is -7.24. The fourth-order valence-electron chi connectivity index (χ4n) is 7.85. The predicted octanol–water partition coefficient (Wildman–Crippen LogP) is 13.4. The fraction of sp³-hybridized carbons (Fsp3) is 0. The van der Waals surface area contributed by atoms with Gasteiger partial charge in [0.2, 0.25) is 0 Å². The molecule has 5 nitrogen and oxygen atoms in total. The van der Waals surface area contributed by atoms with Gasteiger partial charge in [-0.25, -0.2) is 0 Å². The molecular weight excluding hydrogens is 651 g/mol. The van der Waals surface area contributed by atoms with Crippen LogP contribution in [0.25, 0.3) is 87.8 Å². The van der Waals surface area contributed by atoms with Gasteiger partial charge in [0.1, 0.15) is 22.3 Å². The second-order valence-corrected chi connectivity index (χ2v) is 13.4. The van der Waals surface area contributed by atoms with E-state index in [1.807, 2.05) is 48.9 Å². The Morgan fingerprint density at radius 2 is 1.04 bits per heavy atom. The molecule has 7 aromatic carbocycles. The number of hydrogen-bond acceptors (Lipinski definition) is 5. The molecule has 248 valence electrons. The summed E-state index contributed by atoms with van der Waals surface area (Å²) in [5.74, 6) is 0. The fourth-order valence-corrected chi connectivity index (χ4v) is 7.85. The first-order valence-electron chi connectivity index (χ1n) is 17.7. The molecule has 0 saturated carbocycles. The molecule has 0 aliphatic carbocycles. The molecule has 0 unspecified atom stereocenters. The zero-order valence-electron chi connectivity index (χ0n) is 28.4. The highest BCUT2D eigenvalue weighted by molar-refractivity contribution is 6.11. The number of fused-ring (bicyclic) bond motifs is 9. The summed E-state index contributed by atoms with van der Waals surface area (Å²) in [5, 5.41) is 7.98. The maximum atomic E-state index is 6.36. The van der Waals surface area contributed by atoms with Gasteiger partial charge >= 0.3 is 0 Å². The third-order valence-corrected chi connectivity index (χ3v) is 10.4. The van der Waals surface area contributed by atoms with Crippen molar-refractivity contribution in [3.63, 3.8) is 0 Å². The van der Waals surface area contributed by atoms with Crippen LogP contribution >= 0.6 is 0 Å². The van der Waals surface area contributed by atoms with Crippen LogP contribution in [0.3, 0.4) is 0 Å². The molecule has 11 rings (SSSR count). The van der Waals surface area contributed by atoms with Crippen molar-refractivity contribution in [2.24, 2.45) is 0 Å².